The summed E-state index contributed by atoms with van der Waals surface area (Å²) in [6.07, 6.45) is 7.56. The van der Waals surface area contributed by atoms with Gasteiger partial charge in [-0.2, -0.15) is 0 Å². The molecule has 68 valence electrons. The Morgan fingerprint density at radius 3 is 2.69 bits per heavy atom. The standard InChI is InChI=1S/C9H13N3Si/c1-13(2,3)9-7-11-8-6-10-4-5-12(8)9/h4-7H,1-3H3. The molecule has 13 heavy (non-hydrogen) atoms. The van der Waals surface area contributed by atoms with Crippen molar-refractivity contribution in [3.63, 3.8) is 0 Å². The van der Waals surface area contributed by atoms with Crippen LogP contribution < -0.4 is 5.32 Å². The van der Waals surface area contributed by atoms with Gasteiger partial charge in [-0.25, -0.2) is 4.98 Å². The molecule has 4 heteroatoms. The van der Waals surface area contributed by atoms with Crippen LogP contribution in [0, 0.1) is 0 Å². The first kappa shape index (κ1) is 8.44. The minimum Gasteiger partial charge on any atom is -0.306 e. The molecule has 0 bridgehead atoms. The van der Waals surface area contributed by atoms with Gasteiger partial charge in [0.25, 0.3) is 0 Å². The second-order valence-corrected chi connectivity index (χ2v) is 9.21. The van der Waals surface area contributed by atoms with Gasteiger partial charge in [-0.15, -0.1) is 0 Å². The van der Waals surface area contributed by atoms with E-state index in [0.717, 1.165) is 5.65 Å². The molecule has 0 aliphatic rings. The average Bonchev–Trinajstić information content (AvgIpc) is 2.45. The van der Waals surface area contributed by atoms with Crippen molar-refractivity contribution >= 4 is 19.0 Å². The van der Waals surface area contributed by atoms with Crippen molar-refractivity contribution in [2.24, 2.45) is 0 Å². The van der Waals surface area contributed by atoms with Crippen molar-refractivity contribution in [3.8, 4) is 0 Å². The molecule has 2 rings (SSSR count). The number of imidazole rings is 1. The molecule has 0 spiro atoms. The van der Waals surface area contributed by atoms with Crippen molar-refractivity contribution in [3.05, 3.63) is 24.8 Å². The van der Waals surface area contributed by atoms with Gasteiger partial charge in [-0.05, 0) is 0 Å². The molecule has 0 atom stereocenters. The number of aromatic nitrogens is 3. The molecule has 0 radical (unpaired) electrons. The van der Waals surface area contributed by atoms with E-state index in [2.05, 4.69) is 34.0 Å². The summed E-state index contributed by atoms with van der Waals surface area (Å²) >= 11 is 0. The van der Waals surface area contributed by atoms with Crippen molar-refractivity contribution in [2.75, 3.05) is 0 Å². The van der Waals surface area contributed by atoms with Crippen LogP contribution in [0.3, 0.4) is 0 Å². The molecule has 0 saturated heterocycles. The molecule has 0 aliphatic heterocycles. The summed E-state index contributed by atoms with van der Waals surface area (Å²) in [5, 5.41) is 1.35. The lowest BCUT2D eigenvalue weighted by Crippen LogP contribution is -2.40. The fraction of sp³-hybridized carbons (Fsp3) is 0.333. The summed E-state index contributed by atoms with van der Waals surface area (Å²) in [5.41, 5.74) is 0.944. The highest BCUT2D eigenvalue weighted by Crippen LogP contribution is 2.04. The normalized spacial score (nSPS) is 12.2. The summed E-state index contributed by atoms with van der Waals surface area (Å²) < 4.78 is 2.14. The van der Waals surface area contributed by atoms with E-state index in [9.17, 15) is 0 Å². The molecule has 0 saturated carbocycles. The molecular weight excluding hydrogens is 178 g/mol. The molecule has 0 fully saturated rings. The van der Waals surface area contributed by atoms with E-state index in [1.807, 2.05) is 12.4 Å². The molecule has 3 nitrogen and oxygen atoms in total. The first-order chi connectivity index (χ1) is 6.09. The van der Waals surface area contributed by atoms with Gasteiger partial charge in [0.2, 0.25) is 0 Å². The highest BCUT2D eigenvalue weighted by Gasteiger charge is 2.20. The van der Waals surface area contributed by atoms with Crippen LogP contribution in [0.1, 0.15) is 0 Å². The zero-order chi connectivity index (χ0) is 9.47. The summed E-state index contributed by atoms with van der Waals surface area (Å²) in [5.74, 6) is 0. The lowest BCUT2D eigenvalue weighted by molar-refractivity contribution is 1.14. The topological polar surface area (TPSA) is 30.2 Å². The molecule has 0 N–H and O–H groups in total. The number of nitrogens with zero attached hydrogens (tertiary/aromatic N) is 3. The Morgan fingerprint density at radius 2 is 2.00 bits per heavy atom. The molecular formula is C9H13N3Si. The van der Waals surface area contributed by atoms with Gasteiger partial charge < -0.3 is 4.40 Å². The summed E-state index contributed by atoms with van der Waals surface area (Å²) in [4.78, 5) is 8.36. The molecule has 2 heterocycles. The molecule has 0 aromatic carbocycles. The third kappa shape index (κ3) is 1.37. The fourth-order valence-electron chi connectivity index (χ4n) is 1.40. The van der Waals surface area contributed by atoms with E-state index < -0.39 is 8.07 Å². The van der Waals surface area contributed by atoms with Gasteiger partial charge in [0.15, 0.2) is 5.65 Å². The third-order valence-electron chi connectivity index (χ3n) is 2.09. The maximum Gasteiger partial charge on any atom is 0.155 e. The van der Waals surface area contributed by atoms with Gasteiger partial charge in [0, 0.05) is 23.9 Å². The van der Waals surface area contributed by atoms with Crippen molar-refractivity contribution in [1.29, 1.82) is 0 Å². The van der Waals surface area contributed by atoms with Gasteiger partial charge in [-0.3, -0.25) is 4.98 Å². The van der Waals surface area contributed by atoms with Gasteiger partial charge in [0.05, 0.1) is 6.20 Å². The van der Waals surface area contributed by atoms with Crippen molar-refractivity contribution in [1.82, 2.24) is 14.4 Å². The zero-order valence-electron chi connectivity index (χ0n) is 8.15. The molecule has 0 aliphatic carbocycles. The summed E-state index contributed by atoms with van der Waals surface area (Å²) in [6.45, 7) is 6.95. The van der Waals surface area contributed by atoms with Gasteiger partial charge in [0.1, 0.15) is 8.07 Å². The predicted octanol–water partition coefficient (Wildman–Crippen LogP) is 1.27. The van der Waals surface area contributed by atoms with E-state index in [-0.39, 0.29) is 0 Å². The SMILES string of the molecule is C[Si](C)(C)c1cnc2cnccn12. The van der Waals surface area contributed by atoms with Crippen LogP contribution in [0.5, 0.6) is 0 Å². The zero-order valence-corrected chi connectivity index (χ0v) is 9.15. The van der Waals surface area contributed by atoms with Crippen molar-refractivity contribution in [2.45, 2.75) is 19.6 Å². The first-order valence-electron chi connectivity index (χ1n) is 4.36. The van der Waals surface area contributed by atoms with Crippen LogP contribution in [0.15, 0.2) is 24.8 Å². The Morgan fingerprint density at radius 1 is 1.23 bits per heavy atom. The minimum atomic E-state index is -1.27. The number of fused-ring (bicyclic) bond motifs is 1. The monoisotopic (exact) mass is 191 g/mol. The Kier molecular flexibility index (Phi) is 1.73. The summed E-state index contributed by atoms with van der Waals surface area (Å²) in [7, 11) is -1.27. The van der Waals surface area contributed by atoms with E-state index >= 15 is 0 Å². The Bertz CT molecular complexity index is 428. The second-order valence-electron chi connectivity index (χ2n) is 4.20. The highest BCUT2D eigenvalue weighted by molar-refractivity contribution is 6.88. The van der Waals surface area contributed by atoms with E-state index in [1.165, 1.54) is 5.32 Å². The first-order valence-corrected chi connectivity index (χ1v) is 7.86. The lowest BCUT2D eigenvalue weighted by atomic mass is 10.7. The van der Waals surface area contributed by atoms with Crippen molar-refractivity contribution < 1.29 is 0 Å². The van der Waals surface area contributed by atoms with Crippen LogP contribution >= 0.6 is 0 Å². The average molecular weight is 191 g/mol. The smallest absolute Gasteiger partial charge is 0.155 e. The van der Waals surface area contributed by atoms with Crippen LogP contribution in [-0.4, -0.2) is 22.4 Å². The summed E-state index contributed by atoms with van der Waals surface area (Å²) in [6, 6.07) is 0. The van der Waals surface area contributed by atoms with E-state index in [1.54, 1.807) is 12.4 Å². The molecule has 0 unspecified atom stereocenters. The van der Waals surface area contributed by atoms with Gasteiger partial charge in [-0.1, -0.05) is 19.6 Å². The molecule has 2 aromatic heterocycles. The minimum absolute atomic E-state index is 0.944. The van der Waals surface area contributed by atoms with Gasteiger partial charge >= 0.3 is 0 Å². The van der Waals surface area contributed by atoms with Crippen LogP contribution in [0.4, 0.5) is 0 Å². The van der Waals surface area contributed by atoms with Crippen LogP contribution in [-0.2, 0) is 0 Å². The number of rotatable bonds is 1. The Balaban J connectivity index is 2.72. The largest absolute Gasteiger partial charge is 0.306 e. The Hall–Kier alpha value is -1.16. The molecule has 0 amide bonds. The van der Waals surface area contributed by atoms with E-state index in [4.69, 9.17) is 0 Å². The molecule has 2 aromatic rings. The van der Waals surface area contributed by atoms with Crippen LogP contribution in [0.2, 0.25) is 19.6 Å². The predicted molar refractivity (Wildman–Crippen MR) is 56.0 cm³/mol. The van der Waals surface area contributed by atoms with E-state index in [0.29, 0.717) is 0 Å². The third-order valence-corrected chi connectivity index (χ3v) is 3.99. The Labute approximate surface area is 78.5 Å². The second kappa shape index (κ2) is 2.66. The lowest BCUT2D eigenvalue weighted by Gasteiger charge is -2.14. The maximum absolute atomic E-state index is 4.32. The quantitative estimate of drug-likeness (QED) is 0.636. The maximum atomic E-state index is 4.32. The highest BCUT2D eigenvalue weighted by atomic mass is 28.3. The number of hydrogen-bond acceptors (Lipinski definition) is 2. The fourth-order valence-corrected chi connectivity index (χ4v) is 2.76. The number of hydrogen-bond donors (Lipinski definition) is 0. The van der Waals surface area contributed by atoms with Crippen LogP contribution in [0.25, 0.3) is 5.65 Å².